The summed E-state index contributed by atoms with van der Waals surface area (Å²) >= 11 is 0. The van der Waals surface area contributed by atoms with Crippen LogP contribution in [0.15, 0.2) is 106 Å². The van der Waals surface area contributed by atoms with E-state index in [4.69, 9.17) is 18.9 Å². The van der Waals surface area contributed by atoms with Crippen molar-refractivity contribution in [2.75, 3.05) is 13.2 Å². The maximum atomic E-state index is 13.6. The van der Waals surface area contributed by atoms with Crippen molar-refractivity contribution in [3.8, 4) is 23.1 Å². The molecule has 0 aliphatic carbocycles. The van der Waals surface area contributed by atoms with Crippen molar-refractivity contribution in [2.45, 2.75) is 13.3 Å². The highest BCUT2D eigenvalue weighted by molar-refractivity contribution is 5.85. The average molecular weight is 506 g/mol. The maximum Gasteiger partial charge on any atom is 0.282 e. The first-order chi connectivity index (χ1) is 18.6. The van der Waals surface area contributed by atoms with Crippen LogP contribution >= 0.6 is 0 Å². The summed E-state index contributed by atoms with van der Waals surface area (Å²) in [6.45, 7) is 10.3. The smallest absolute Gasteiger partial charge is 0.282 e. The van der Waals surface area contributed by atoms with Crippen molar-refractivity contribution in [3.05, 3.63) is 114 Å². The molecule has 2 heterocycles. The average Bonchev–Trinajstić information content (AvgIpc) is 3.37. The second-order valence-corrected chi connectivity index (χ2v) is 8.50. The summed E-state index contributed by atoms with van der Waals surface area (Å²) in [5.74, 6) is 1.97. The van der Waals surface area contributed by atoms with Crippen LogP contribution in [0.4, 0.5) is 0 Å². The molecule has 5 rings (SSSR count). The van der Waals surface area contributed by atoms with Gasteiger partial charge in [0.2, 0.25) is 5.82 Å². The quantitative estimate of drug-likeness (QED) is 0.162. The van der Waals surface area contributed by atoms with Crippen LogP contribution in [0.3, 0.4) is 0 Å². The molecule has 0 saturated heterocycles. The fourth-order valence-corrected chi connectivity index (χ4v) is 4.24. The Morgan fingerprint density at radius 1 is 1.03 bits per heavy atom. The van der Waals surface area contributed by atoms with Gasteiger partial charge < -0.3 is 13.9 Å². The van der Waals surface area contributed by atoms with Gasteiger partial charge in [0.05, 0.1) is 23.7 Å². The van der Waals surface area contributed by atoms with E-state index in [1.54, 1.807) is 36.6 Å². The van der Waals surface area contributed by atoms with Gasteiger partial charge in [0.25, 0.3) is 5.56 Å². The molecule has 38 heavy (non-hydrogen) atoms. The van der Waals surface area contributed by atoms with E-state index in [1.165, 1.54) is 4.68 Å². The molecule has 5 aromatic rings. The lowest BCUT2D eigenvalue weighted by Crippen LogP contribution is -2.20. The van der Waals surface area contributed by atoms with Gasteiger partial charge in [-0.25, -0.2) is 4.98 Å². The van der Waals surface area contributed by atoms with Gasteiger partial charge in [-0.15, -0.1) is 6.58 Å². The van der Waals surface area contributed by atoms with E-state index in [0.29, 0.717) is 59.2 Å². The van der Waals surface area contributed by atoms with Gasteiger partial charge in [0.1, 0.15) is 12.2 Å². The van der Waals surface area contributed by atoms with Crippen molar-refractivity contribution >= 4 is 28.1 Å². The predicted octanol–water partition coefficient (Wildman–Crippen LogP) is 6.38. The monoisotopic (exact) mass is 505 g/mol. The summed E-state index contributed by atoms with van der Waals surface area (Å²) in [6, 6.07) is 20.5. The molecule has 0 spiro atoms. The van der Waals surface area contributed by atoms with Crippen LogP contribution in [-0.4, -0.2) is 29.1 Å². The summed E-state index contributed by atoms with van der Waals surface area (Å²) < 4.78 is 19.1. The van der Waals surface area contributed by atoms with E-state index >= 15 is 0 Å². The van der Waals surface area contributed by atoms with Gasteiger partial charge >= 0.3 is 0 Å². The Kier molecular flexibility index (Phi) is 7.17. The normalized spacial score (nSPS) is 11.3. The van der Waals surface area contributed by atoms with Crippen molar-refractivity contribution in [1.82, 2.24) is 9.66 Å². The highest BCUT2D eigenvalue weighted by Gasteiger charge is 2.17. The van der Waals surface area contributed by atoms with Gasteiger partial charge in [-0.05, 0) is 55.3 Å². The Hall–Kier alpha value is -4.91. The number of benzene rings is 3. The third kappa shape index (κ3) is 4.86. The lowest BCUT2D eigenvalue weighted by molar-refractivity contribution is 0.295. The number of ether oxygens (including phenoxy) is 2. The summed E-state index contributed by atoms with van der Waals surface area (Å²) in [5, 5.41) is 5.95. The van der Waals surface area contributed by atoms with Gasteiger partial charge in [-0.3, -0.25) is 4.79 Å². The Balaban J connectivity index is 1.66. The van der Waals surface area contributed by atoms with Crippen LogP contribution in [0, 0.1) is 0 Å². The Labute approximate surface area is 220 Å². The molecule has 0 amide bonds. The van der Waals surface area contributed by atoms with Crippen LogP contribution in [-0.2, 0) is 6.42 Å². The molecular weight excluding hydrogens is 478 g/mol. The first kappa shape index (κ1) is 24.8. The molecule has 0 bridgehead atoms. The molecule has 0 fully saturated rings. The highest BCUT2D eigenvalue weighted by atomic mass is 16.5. The Morgan fingerprint density at radius 2 is 1.84 bits per heavy atom. The SMILES string of the molecule is C=CCOc1c(CC=C)cc(C=Nn2c(-c3cc4ccccc4o3)nc3ccccc3c2=O)cc1OCC. The second kappa shape index (κ2) is 11.0. The van der Waals surface area contributed by atoms with E-state index < -0.39 is 0 Å². The molecule has 7 heteroatoms. The number of para-hydroxylation sites is 2. The van der Waals surface area contributed by atoms with Crippen LogP contribution in [0.1, 0.15) is 18.1 Å². The van der Waals surface area contributed by atoms with Crippen LogP contribution in [0.2, 0.25) is 0 Å². The van der Waals surface area contributed by atoms with Crippen molar-refractivity contribution in [1.29, 1.82) is 0 Å². The minimum absolute atomic E-state index is 0.301. The third-order valence-corrected chi connectivity index (χ3v) is 5.89. The summed E-state index contributed by atoms with van der Waals surface area (Å²) in [5.41, 5.74) is 2.58. The molecule has 0 radical (unpaired) electrons. The molecular formula is C31H27N3O4. The maximum absolute atomic E-state index is 13.6. The van der Waals surface area contributed by atoms with E-state index in [-0.39, 0.29) is 5.56 Å². The number of furan rings is 1. The molecule has 2 aromatic heterocycles. The number of fused-ring (bicyclic) bond motifs is 2. The number of hydrogen-bond donors (Lipinski definition) is 0. The molecule has 0 aliphatic rings. The predicted molar refractivity (Wildman–Crippen MR) is 151 cm³/mol. The van der Waals surface area contributed by atoms with Crippen LogP contribution < -0.4 is 15.0 Å². The fraction of sp³-hybridized carbons (Fsp3) is 0.129. The van der Waals surface area contributed by atoms with Gasteiger partial charge in [0.15, 0.2) is 17.3 Å². The zero-order valence-corrected chi connectivity index (χ0v) is 21.1. The lowest BCUT2D eigenvalue weighted by Gasteiger charge is -2.16. The van der Waals surface area contributed by atoms with Gasteiger partial charge in [-0.2, -0.15) is 9.78 Å². The van der Waals surface area contributed by atoms with E-state index in [9.17, 15) is 4.79 Å². The van der Waals surface area contributed by atoms with E-state index in [1.807, 2.05) is 55.5 Å². The number of rotatable bonds is 10. The third-order valence-electron chi connectivity index (χ3n) is 5.89. The van der Waals surface area contributed by atoms with E-state index in [0.717, 1.165) is 16.5 Å². The zero-order valence-electron chi connectivity index (χ0n) is 21.1. The fourth-order valence-electron chi connectivity index (χ4n) is 4.24. The summed E-state index contributed by atoms with van der Waals surface area (Å²) in [7, 11) is 0. The van der Waals surface area contributed by atoms with Gasteiger partial charge in [0, 0.05) is 10.9 Å². The molecule has 0 N–H and O–H groups in total. The first-order valence-electron chi connectivity index (χ1n) is 12.3. The number of nitrogens with zero attached hydrogens (tertiary/aromatic N) is 3. The molecule has 0 saturated carbocycles. The molecule has 7 nitrogen and oxygen atoms in total. The highest BCUT2D eigenvalue weighted by Crippen LogP contribution is 2.34. The Bertz CT molecular complexity index is 1700. The van der Waals surface area contributed by atoms with Crippen LogP contribution in [0.25, 0.3) is 33.5 Å². The number of allylic oxidation sites excluding steroid dienone is 1. The zero-order chi connectivity index (χ0) is 26.5. The minimum Gasteiger partial charge on any atom is -0.490 e. The molecule has 0 aliphatic heterocycles. The molecule has 0 unspecified atom stereocenters. The van der Waals surface area contributed by atoms with Crippen LogP contribution in [0.5, 0.6) is 11.5 Å². The largest absolute Gasteiger partial charge is 0.490 e. The van der Waals surface area contributed by atoms with Crippen molar-refractivity contribution in [3.63, 3.8) is 0 Å². The van der Waals surface area contributed by atoms with Gasteiger partial charge in [-0.1, -0.05) is 49.1 Å². The topological polar surface area (TPSA) is 78.9 Å². The summed E-state index contributed by atoms with van der Waals surface area (Å²) in [6.07, 6.45) is 5.65. The summed E-state index contributed by atoms with van der Waals surface area (Å²) in [4.78, 5) is 18.3. The number of aromatic nitrogens is 2. The van der Waals surface area contributed by atoms with Crippen molar-refractivity contribution in [2.24, 2.45) is 5.10 Å². The Morgan fingerprint density at radius 3 is 2.63 bits per heavy atom. The second-order valence-electron chi connectivity index (χ2n) is 8.50. The molecule has 190 valence electrons. The van der Waals surface area contributed by atoms with E-state index in [2.05, 4.69) is 18.3 Å². The minimum atomic E-state index is -0.301. The molecule has 3 aromatic carbocycles. The lowest BCUT2D eigenvalue weighted by atomic mass is 10.1. The first-order valence-corrected chi connectivity index (χ1v) is 12.3. The standard InChI is InChI=1S/C31H27N3O4/c1-4-11-23-17-21(18-27(36-6-3)29(23)37-16-5-2)20-32-34-30(28-19-22-12-7-10-15-26(22)38-28)33-25-14-9-8-13-24(25)31(34)35/h4-5,7-10,12-15,17-20H,1-2,6,11,16H2,3H3. The molecule has 0 atom stereocenters. The van der Waals surface area contributed by atoms with Crippen molar-refractivity contribution < 1.29 is 13.9 Å². The number of hydrogen-bond acceptors (Lipinski definition) is 6.